The fraction of sp³-hybridized carbons (Fsp3) is 0.211. The molecule has 4 rings (SSSR count). The number of hydrogen-bond donors (Lipinski definition) is 3. The van der Waals surface area contributed by atoms with Crippen molar-refractivity contribution in [2.24, 2.45) is 5.16 Å². The summed E-state index contributed by atoms with van der Waals surface area (Å²) in [6.45, 7) is 0. The van der Waals surface area contributed by atoms with Crippen molar-refractivity contribution in [1.29, 1.82) is 0 Å². The molecule has 2 aromatic heterocycles. The van der Waals surface area contributed by atoms with Crippen LogP contribution in [0.3, 0.4) is 0 Å². The number of carbonyl (C=O) groups is 3. The van der Waals surface area contributed by atoms with E-state index in [0.717, 1.165) is 17.1 Å². The zero-order valence-corrected chi connectivity index (χ0v) is 19.9. The van der Waals surface area contributed by atoms with E-state index >= 15 is 0 Å². The van der Waals surface area contributed by atoms with Gasteiger partial charge in [-0.1, -0.05) is 23.0 Å². The molecule has 0 saturated carbocycles. The number of carboxylic acid groups (broad SMARTS) is 1. The van der Waals surface area contributed by atoms with Crippen LogP contribution in [0.5, 0.6) is 0 Å². The molecule has 4 heterocycles. The number of nitrogens with zero attached hydrogens (tertiary/aromatic N) is 5. The molecule has 1 saturated heterocycles. The number of nitrogens with one attached hydrogen (secondary N) is 1. The van der Waals surface area contributed by atoms with Crippen molar-refractivity contribution >= 4 is 69.8 Å². The van der Waals surface area contributed by atoms with E-state index in [1.165, 1.54) is 35.5 Å². The monoisotopic (exact) mass is 519 g/mol. The van der Waals surface area contributed by atoms with Crippen LogP contribution in [-0.4, -0.2) is 72.1 Å². The van der Waals surface area contributed by atoms with Gasteiger partial charge in [-0.3, -0.25) is 19.5 Å². The number of nitrogens with two attached hydrogens (primary N) is 1. The number of nitrogen functional groups attached to an aromatic ring is 1. The summed E-state index contributed by atoms with van der Waals surface area (Å²) in [6.07, 6.45) is 5.14. The van der Waals surface area contributed by atoms with Crippen LogP contribution in [0, 0.1) is 0 Å². The first-order chi connectivity index (χ1) is 16.4. The van der Waals surface area contributed by atoms with Crippen LogP contribution in [0.25, 0.3) is 6.08 Å². The lowest BCUT2D eigenvalue weighted by Crippen LogP contribution is -2.71. The summed E-state index contributed by atoms with van der Waals surface area (Å²) in [7, 11) is 1.25. The standard InChI is InChI=1S/C19H17N7O5S3/c1-31-24-11(14-23-19(20)34-25-14)15(27)22-12-16(28)26-13(18(29)30)10(8-33-17(12)26)32-6-4-9-3-2-5-21-7-9/h2-7,12,17H,8H2,1H3,(H,22,27)(H,29,30)(H2,20,23,25)/b6-4-,24-11+. The molecule has 34 heavy (non-hydrogen) atoms. The van der Waals surface area contributed by atoms with E-state index in [9.17, 15) is 19.5 Å². The molecule has 0 bridgehead atoms. The largest absolute Gasteiger partial charge is 0.477 e. The first-order valence-corrected chi connectivity index (χ1v) is 12.3. The van der Waals surface area contributed by atoms with E-state index in [0.29, 0.717) is 10.7 Å². The molecular weight excluding hydrogens is 502 g/mol. The van der Waals surface area contributed by atoms with Crippen LogP contribution in [0.2, 0.25) is 0 Å². The topological polar surface area (TPSA) is 173 Å². The third kappa shape index (κ3) is 4.76. The lowest BCUT2D eigenvalue weighted by atomic mass is 10.0. The Bertz CT molecular complexity index is 1210. The molecule has 0 radical (unpaired) electrons. The van der Waals surface area contributed by atoms with Crippen molar-refractivity contribution in [1.82, 2.24) is 24.6 Å². The highest BCUT2D eigenvalue weighted by molar-refractivity contribution is 8.08. The summed E-state index contributed by atoms with van der Waals surface area (Å²) < 4.78 is 3.94. The molecule has 15 heteroatoms. The van der Waals surface area contributed by atoms with E-state index in [2.05, 4.69) is 24.8 Å². The summed E-state index contributed by atoms with van der Waals surface area (Å²) in [5, 5.41) is 17.3. The van der Waals surface area contributed by atoms with Gasteiger partial charge < -0.3 is 21.0 Å². The van der Waals surface area contributed by atoms with Gasteiger partial charge in [0.15, 0.2) is 5.13 Å². The molecule has 12 nitrogen and oxygen atoms in total. The highest BCUT2D eigenvalue weighted by Gasteiger charge is 2.54. The number of anilines is 1. The molecule has 0 spiro atoms. The van der Waals surface area contributed by atoms with Crippen LogP contribution >= 0.6 is 35.1 Å². The average molecular weight is 520 g/mol. The van der Waals surface area contributed by atoms with Gasteiger partial charge >= 0.3 is 5.97 Å². The third-order valence-corrected chi connectivity index (χ3v) is 7.53. The molecule has 4 N–H and O–H groups in total. The minimum Gasteiger partial charge on any atom is -0.477 e. The van der Waals surface area contributed by atoms with Gasteiger partial charge in [-0.2, -0.15) is 9.36 Å². The maximum absolute atomic E-state index is 12.9. The molecule has 2 unspecified atom stereocenters. The molecule has 0 aromatic carbocycles. The second-order valence-electron chi connectivity index (χ2n) is 6.72. The first kappa shape index (κ1) is 23.7. The Morgan fingerprint density at radius 3 is 2.94 bits per heavy atom. The zero-order valence-electron chi connectivity index (χ0n) is 17.4. The van der Waals surface area contributed by atoms with Crippen LogP contribution in [0.15, 0.2) is 45.7 Å². The average Bonchev–Trinajstić information content (AvgIpc) is 3.26. The van der Waals surface area contributed by atoms with Crippen molar-refractivity contribution < 1.29 is 24.3 Å². The second-order valence-corrected chi connectivity index (χ2v) is 9.61. The molecule has 2 aliphatic heterocycles. The van der Waals surface area contributed by atoms with Gasteiger partial charge in [0.05, 0.1) is 0 Å². The summed E-state index contributed by atoms with van der Waals surface area (Å²) in [6, 6.07) is 2.72. The summed E-state index contributed by atoms with van der Waals surface area (Å²) in [5.74, 6) is -2.18. The van der Waals surface area contributed by atoms with Gasteiger partial charge in [-0.05, 0) is 23.1 Å². The minimum absolute atomic E-state index is 0.0352. The Labute approximate surface area is 205 Å². The summed E-state index contributed by atoms with van der Waals surface area (Å²) >= 11 is 3.45. The summed E-state index contributed by atoms with van der Waals surface area (Å²) in [4.78, 5) is 51.9. The number of rotatable bonds is 8. The van der Waals surface area contributed by atoms with E-state index in [-0.39, 0.29) is 22.4 Å². The number of oxime groups is 1. The maximum Gasteiger partial charge on any atom is 0.353 e. The highest BCUT2D eigenvalue weighted by Crippen LogP contribution is 2.43. The number of pyridine rings is 1. The van der Waals surface area contributed by atoms with Crippen LogP contribution in [-0.2, 0) is 19.2 Å². The molecule has 0 aliphatic carbocycles. The lowest BCUT2D eigenvalue weighted by molar-refractivity contribution is -0.150. The van der Waals surface area contributed by atoms with E-state index < -0.39 is 29.2 Å². The lowest BCUT2D eigenvalue weighted by Gasteiger charge is -2.49. The number of carboxylic acids is 1. The molecule has 1 fully saturated rings. The van der Waals surface area contributed by atoms with Crippen molar-refractivity contribution in [2.45, 2.75) is 11.4 Å². The number of β-lactam (4-membered cyclic amide) rings is 1. The van der Waals surface area contributed by atoms with Crippen molar-refractivity contribution in [3.63, 3.8) is 0 Å². The molecule has 2 atom stereocenters. The van der Waals surface area contributed by atoms with E-state index in [4.69, 9.17) is 10.6 Å². The predicted molar refractivity (Wildman–Crippen MR) is 128 cm³/mol. The Morgan fingerprint density at radius 1 is 1.47 bits per heavy atom. The fourth-order valence-electron chi connectivity index (χ4n) is 3.17. The number of thioether (sulfide) groups is 2. The minimum atomic E-state index is -1.22. The number of hydrogen-bond acceptors (Lipinski definition) is 12. The van der Waals surface area contributed by atoms with Gasteiger partial charge in [0, 0.05) is 34.6 Å². The normalized spacial score (nSPS) is 20.2. The number of fused-ring (bicyclic) bond motifs is 1. The Hall–Kier alpha value is -3.43. The van der Waals surface area contributed by atoms with Crippen LogP contribution in [0.1, 0.15) is 11.4 Å². The molecule has 2 aromatic rings. The highest BCUT2D eigenvalue weighted by atomic mass is 32.2. The van der Waals surface area contributed by atoms with Crippen molar-refractivity contribution in [3.8, 4) is 0 Å². The molecular formula is C19H17N7O5S3. The molecule has 2 amide bonds. The Balaban J connectivity index is 1.48. The van der Waals surface area contributed by atoms with Crippen molar-refractivity contribution in [3.05, 3.63) is 51.9 Å². The predicted octanol–water partition coefficient (Wildman–Crippen LogP) is 0.966. The van der Waals surface area contributed by atoms with E-state index in [1.54, 1.807) is 29.9 Å². The number of carbonyl (C=O) groups excluding carboxylic acids is 2. The molecule has 2 aliphatic rings. The number of aliphatic carboxylic acids is 1. The van der Waals surface area contributed by atoms with E-state index in [1.807, 2.05) is 6.07 Å². The maximum atomic E-state index is 12.9. The smallest absolute Gasteiger partial charge is 0.353 e. The van der Waals surface area contributed by atoms with Gasteiger partial charge in [0.1, 0.15) is 24.2 Å². The van der Waals surface area contributed by atoms with Gasteiger partial charge in [-0.15, -0.1) is 11.8 Å². The molecule has 176 valence electrons. The fourth-order valence-corrected chi connectivity index (χ4v) is 5.96. The van der Waals surface area contributed by atoms with Crippen LogP contribution in [0.4, 0.5) is 5.13 Å². The first-order valence-electron chi connectivity index (χ1n) is 9.56. The van der Waals surface area contributed by atoms with Gasteiger partial charge in [0.2, 0.25) is 11.5 Å². The van der Waals surface area contributed by atoms with Gasteiger partial charge in [-0.25, -0.2) is 4.79 Å². The number of aromatic nitrogens is 3. The van der Waals surface area contributed by atoms with Crippen LogP contribution < -0.4 is 11.1 Å². The number of amides is 2. The van der Waals surface area contributed by atoms with Gasteiger partial charge in [0.25, 0.3) is 11.8 Å². The quantitative estimate of drug-likeness (QED) is 0.258. The third-order valence-electron chi connectivity index (χ3n) is 4.63. The van der Waals surface area contributed by atoms with Crippen molar-refractivity contribution in [2.75, 3.05) is 18.6 Å². The zero-order chi connectivity index (χ0) is 24.2. The summed E-state index contributed by atoms with van der Waals surface area (Å²) in [5.41, 5.74) is 6.09. The Morgan fingerprint density at radius 2 is 2.29 bits per heavy atom. The second kappa shape index (κ2) is 10.2. The Kier molecular flexibility index (Phi) is 7.14. The SMILES string of the molecule is CO/N=C(/C(=O)NC1C(=O)N2C(C(=O)O)=C(S/C=C\c3cccnc3)CSC12)c1nsc(N)n1.